The normalized spacial score (nSPS) is 14.8. The Morgan fingerprint density at radius 3 is 2.41 bits per heavy atom. The van der Waals surface area contributed by atoms with Crippen molar-refractivity contribution in [3.63, 3.8) is 0 Å². The van der Waals surface area contributed by atoms with Crippen molar-refractivity contribution in [3.8, 4) is 5.75 Å². The van der Waals surface area contributed by atoms with Gasteiger partial charge in [-0.1, -0.05) is 0 Å². The molecule has 1 aliphatic rings. The van der Waals surface area contributed by atoms with Crippen LogP contribution in [-0.4, -0.2) is 61.0 Å². The highest BCUT2D eigenvalue weighted by Gasteiger charge is 2.43. The number of nitrogens with zero attached hydrogens (tertiary/aromatic N) is 1. The molecule has 0 saturated heterocycles. The fourth-order valence-electron chi connectivity index (χ4n) is 3.02. The molecule has 1 aromatic rings. The van der Waals surface area contributed by atoms with Gasteiger partial charge in [0.1, 0.15) is 18.0 Å². The smallest absolute Gasteiger partial charge is 0.471 e. The molecule has 0 saturated carbocycles. The number of nitrogen functional groups attached to an aromatic ring is 1. The summed E-state index contributed by atoms with van der Waals surface area (Å²) < 4.78 is 53.4. The highest BCUT2D eigenvalue weighted by molar-refractivity contribution is 5.82. The lowest BCUT2D eigenvalue weighted by atomic mass is 9.98. The Balaban J connectivity index is 2.10. The summed E-state index contributed by atoms with van der Waals surface area (Å²) in [6.07, 6.45) is -5.62. The molecule has 0 radical (unpaired) electrons. The first-order chi connectivity index (χ1) is 14.7. The molecule has 0 aliphatic carbocycles. The SMILES string of the molecule is COC(=O)[C@H](COc1cc2c(cc1N)CN(C(=O)C(F)(F)F)CC2)NC(=O)OC(C)(C)C. The van der Waals surface area contributed by atoms with E-state index >= 15 is 0 Å². The Kier molecular flexibility index (Phi) is 7.47. The summed E-state index contributed by atoms with van der Waals surface area (Å²) in [6, 6.07) is 1.78. The minimum absolute atomic E-state index is 0.103. The number of nitrogens with two attached hydrogens (primary N) is 1. The van der Waals surface area contributed by atoms with Crippen LogP contribution in [0.25, 0.3) is 0 Å². The number of carbonyl (C=O) groups is 3. The minimum Gasteiger partial charge on any atom is -0.489 e. The number of carbonyl (C=O) groups excluding carboxylic acids is 3. The molecule has 12 heteroatoms. The zero-order valence-corrected chi connectivity index (χ0v) is 18.2. The molecule has 2 rings (SSSR count). The first-order valence-electron chi connectivity index (χ1n) is 9.68. The highest BCUT2D eigenvalue weighted by atomic mass is 19.4. The van der Waals surface area contributed by atoms with Crippen LogP contribution in [0, 0.1) is 0 Å². The van der Waals surface area contributed by atoms with Crippen molar-refractivity contribution >= 4 is 23.7 Å². The zero-order chi connectivity index (χ0) is 24.3. The maximum absolute atomic E-state index is 12.7. The molecule has 3 N–H and O–H groups in total. The molecule has 0 fully saturated rings. The van der Waals surface area contributed by atoms with E-state index in [1.165, 1.54) is 6.07 Å². The number of alkyl halides is 3. The van der Waals surface area contributed by atoms with Gasteiger partial charge in [-0.05, 0) is 50.5 Å². The highest BCUT2D eigenvalue weighted by Crippen LogP contribution is 2.31. The van der Waals surface area contributed by atoms with Crippen LogP contribution in [0.2, 0.25) is 0 Å². The maximum Gasteiger partial charge on any atom is 0.471 e. The van der Waals surface area contributed by atoms with Gasteiger partial charge in [-0.2, -0.15) is 13.2 Å². The number of hydrogen-bond donors (Lipinski definition) is 2. The Morgan fingerprint density at radius 1 is 1.19 bits per heavy atom. The predicted octanol–water partition coefficient (Wildman–Crippen LogP) is 2.16. The Morgan fingerprint density at radius 2 is 1.84 bits per heavy atom. The van der Waals surface area contributed by atoms with E-state index in [1.54, 1.807) is 26.8 Å². The number of ether oxygens (including phenoxy) is 3. The van der Waals surface area contributed by atoms with Crippen LogP contribution in [0.5, 0.6) is 5.75 Å². The van der Waals surface area contributed by atoms with E-state index in [-0.39, 0.29) is 37.6 Å². The number of esters is 1. The topological polar surface area (TPSA) is 120 Å². The molecule has 0 spiro atoms. The lowest BCUT2D eigenvalue weighted by Crippen LogP contribution is -2.47. The van der Waals surface area contributed by atoms with Crippen molar-refractivity contribution in [2.75, 3.05) is 26.0 Å². The van der Waals surface area contributed by atoms with Crippen molar-refractivity contribution in [3.05, 3.63) is 23.3 Å². The number of benzene rings is 1. The van der Waals surface area contributed by atoms with Crippen molar-refractivity contribution in [2.45, 2.75) is 51.6 Å². The molecular formula is C20H26F3N3O6. The number of amides is 2. The van der Waals surface area contributed by atoms with E-state index < -0.39 is 35.8 Å². The number of hydrogen-bond acceptors (Lipinski definition) is 7. The number of nitrogens with one attached hydrogen (secondary N) is 1. The third kappa shape index (κ3) is 6.66. The zero-order valence-electron chi connectivity index (χ0n) is 18.2. The van der Waals surface area contributed by atoms with Crippen molar-refractivity contribution in [1.82, 2.24) is 10.2 Å². The van der Waals surface area contributed by atoms with Gasteiger partial charge in [-0.25, -0.2) is 9.59 Å². The fraction of sp³-hybridized carbons (Fsp3) is 0.550. The summed E-state index contributed by atoms with van der Waals surface area (Å²) >= 11 is 0. The summed E-state index contributed by atoms with van der Waals surface area (Å²) in [6.45, 7) is 4.31. The first kappa shape index (κ1) is 25.1. The molecule has 0 aromatic heterocycles. The average Bonchev–Trinajstić information content (AvgIpc) is 2.67. The van der Waals surface area contributed by atoms with Crippen LogP contribution in [0.4, 0.5) is 23.7 Å². The van der Waals surface area contributed by atoms with Gasteiger partial charge in [0.15, 0.2) is 6.04 Å². The second-order valence-electron chi connectivity index (χ2n) is 8.17. The first-order valence-corrected chi connectivity index (χ1v) is 9.68. The molecule has 1 atom stereocenters. The molecule has 0 unspecified atom stereocenters. The summed E-state index contributed by atoms with van der Waals surface area (Å²) in [5.41, 5.74) is 6.40. The van der Waals surface area contributed by atoms with E-state index in [0.717, 1.165) is 7.11 Å². The number of halogens is 3. The molecular weight excluding hydrogens is 435 g/mol. The number of fused-ring (bicyclic) bond motifs is 1. The minimum atomic E-state index is -4.95. The largest absolute Gasteiger partial charge is 0.489 e. The van der Waals surface area contributed by atoms with Gasteiger partial charge in [0.05, 0.1) is 12.8 Å². The number of methoxy groups -OCH3 is 1. The van der Waals surface area contributed by atoms with Gasteiger partial charge in [-0.3, -0.25) is 4.79 Å². The monoisotopic (exact) mass is 461 g/mol. The molecule has 1 heterocycles. The van der Waals surface area contributed by atoms with Crippen LogP contribution < -0.4 is 15.8 Å². The van der Waals surface area contributed by atoms with Crippen LogP contribution in [-0.2, 0) is 32.0 Å². The van der Waals surface area contributed by atoms with Gasteiger partial charge in [0, 0.05) is 13.1 Å². The Hall–Kier alpha value is -3.18. The maximum atomic E-state index is 12.7. The lowest BCUT2D eigenvalue weighted by molar-refractivity contribution is -0.186. The molecule has 32 heavy (non-hydrogen) atoms. The molecule has 9 nitrogen and oxygen atoms in total. The van der Waals surface area contributed by atoms with Gasteiger partial charge < -0.3 is 30.2 Å². The molecule has 178 valence electrons. The van der Waals surface area contributed by atoms with Crippen LogP contribution in [0.15, 0.2) is 12.1 Å². The summed E-state index contributed by atoms with van der Waals surface area (Å²) in [5, 5.41) is 2.36. The summed E-state index contributed by atoms with van der Waals surface area (Å²) in [4.78, 5) is 36.2. The average molecular weight is 461 g/mol. The van der Waals surface area contributed by atoms with Crippen LogP contribution >= 0.6 is 0 Å². The number of anilines is 1. The van der Waals surface area contributed by atoms with Crippen LogP contribution in [0.3, 0.4) is 0 Å². The van der Waals surface area contributed by atoms with Gasteiger partial charge in [0.2, 0.25) is 0 Å². The molecule has 1 aliphatic heterocycles. The molecule has 0 bridgehead atoms. The Labute approximate surface area is 183 Å². The third-order valence-electron chi connectivity index (χ3n) is 4.46. The third-order valence-corrected chi connectivity index (χ3v) is 4.46. The van der Waals surface area contributed by atoms with E-state index in [0.29, 0.717) is 16.0 Å². The second kappa shape index (κ2) is 9.53. The van der Waals surface area contributed by atoms with E-state index in [4.69, 9.17) is 15.2 Å². The standard InChI is InChI=1S/C20H26F3N3O6/c1-19(2,3)32-18(29)25-14(16(27)30-4)10-31-15-8-11-5-6-26(17(28)20(21,22)23)9-12(11)7-13(15)24/h7-8,14H,5-6,9-10,24H2,1-4H3,(H,25,29)/t14-/m0/s1. The molecule has 2 amide bonds. The van der Waals surface area contributed by atoms with Crippen molar-refractivity contribution in [2.24, 2.45) is 0 Å². The van der Waals surface area contributed by atoms with Gasteiger partial charge in [0.25, 0.3) is 0 Å². The van der Waals surface area contributed by atoms with E-state index in [2.05, 4.69) is 10.1 Å². The number of alkyl carbamates (subject to hydrolysis) is 1. The van der Waals surface area contributed by atoms with Crippen molar-refractivity contribution in [1.29, 1.82) is 0 Å². The Bertz CT molecular complexity index is 883. The lowest BCUT2D eigenvalue weighted by Gasteiger charge is -2.30. The van der Waals surface area contributed by atoms with Crippen molar-refractivity contribution < 1.29 is 41.8 Å². The quantitative estimate of drug-likeness (QED) is 0.509. The predicted molar refractivity (Wildman–Crippen MR) is 107 cm³/mol. The fourth-order valence-corrected chi connectivity index (χ4v) is 3.02. The molecule has 1 aromatic carbocycles. The number of rotatable bonds is 5. The summed E-state index contributed by atoms with van der Waals surface area (Å²) in [7, 11) is 1.15. The van der Waals surface area contributed by atoms with E-state index in [9.17, 15) is 27.6 Å². The van der Waals surface area contributed by atoms with Crippen LogP contribution in [0.1, 0.15) is 31.9 Å². The summed E-state index contributed by atoms with van der Waals surface area (Å²) in [5.74, 6) is -2.50. The van der Waals surface area contributed by atoms with Gasteiger partial charge >= 0.3 is 24.1 Å². The second-order valence-corrected chi connectivity index (χ2v) is 8.17. The van der Waals surface area contributed by atoms with Gasteiger partial charge in [-0.15, -0.1) is 0 Å². The van der Waals surface area contributed by atoms with E-state index in [1.807, 2.05) is 0 Å².